The van der Waals surface area contributed by atoms with Gasteiger partial charge in [0.15, 0.2) is 0 Å². The van der Waals surface area contributed by atoms with E-state index >= 15 is 0 Å². The molecule has 2 rings (SSSR count). The second-order valence-corrected chi connectivity index (χ2v) is 4.89. The Hall–Kier alpha value is -1.36. The van der Waals surface area contributed by atoms with Crippen molar-refractivity contribution >= 4 is 11.8 Å². The lowest BCUT2D eigenvalue weighted by molar-refractivity contribution is 0.175. The van der Waals surface area contributed by atoms with Crippen LogP contribution in [0.15, 0.2) is 12.3 Å². The summed E-state index contributed by atoms with van der Waals surface area (Å²) in [5.74, 6) is 1.58. The Kier molecular flexibility index (Phi) is 4.36. The van der Waals surface area contributed by atoms with Crippen molar-refractivity contribution in [2.24, 2.45) is 5.41 Å². The number of methoxy groups -OCH3 is 1. The van der Waals surface area contributed by atoms with E-state index in [1.165, 1.54) is 12.8 Å². The van der Waals surface area contributed by atoms with E-state index in [1.54, 1.807) is 13.3 Å². The summed E-state index contributed by atoms with van der Waals surface area (Å²) in [6.07, 6.45) is 5.48. The van der Waals surface area contributed by atoms with Crippen LogP contribution in [0.1, 0.15) is 26.2 Å². The zero-order chi connectivity index (χ0) is 12.8. The summed E-state index contributed by atoms with van der Waals surface area (Å²) in [7, 11) is 1.76. The predicted octanol–water partition coefficient (Wildman–Crippen LogP) is 2.14. The van der Waals surface area contributed by atoms with Crippen molar-refractivity contribution < 1.29 is 4.74 Å². The lowest BCUT2D eigenvalue weighted by Gasteiger charge is -2.16. The molecule has 1 aliphatic rings. The molecule has 1 aliphatic carbocycles. The van der Waals surface area contributed by atoms with Gasteiger partial charge in [-0.1, -0.05) is 0 Å². The van der Waals surface area contributed by atoms with Crippen molar-refractivity contribution in [1.29, 1.82) is 0 Å². The molecule has 5 heteroatoms. The molecule has 18 heavy (non-hydrogen) atoms. The number of hydrogen-bond acceptors (Lipinski definition) is 5. The van der Waals surface area contributed by atoms with E-state index in [4.69, 9.17) is 4.74 Å². The third kappa shape index (κ3) is 3.57. The third-order valence-electron chi connectivity index (χ3n) is 3.43. The van der Waals surface area contributed by atoms with Crippen molar-refractivity contribution in [2.75, 3.05) is 37.4 Å². The van der Waals surface area contributed by atoms with Gasteiger partial charge in [0.1, 0.15) is 5.82 Å². The number of rotatable bonds is 8. The summed E-state index contributed by atoms with van der Waals surface area (Å²) in [5, 5.41) is 6.52. The minimum absolute atomic E-state index is 0.430. The highest BCUT2D eigenvalue weighted by Crippen LogP contribution is 2.48. The molecule has 0 atom stereocenters. The molecule has 1 saturated carbocycles. The third-order valence-corrected chi connectivity index (χ3v) is 3.43. The van der Waals surface area contributed by atoms with E-state index in [1.807, 2.05) is 13.0 Å². The summed E-state index contributed by atoms with van der Waals surface area (Å²) >= 11 is 0. The van der Waals surface area contributed by atoms with Gasteiger partial charge in [-0.25, -0.2) is 4.98 Å². The summed E-state index contributed by atoms with van der Waals surface area (Å²) in [5.41, 5.74) is 0.430. The maximum absolute atomic E-state index is 5.16. The number of hydrogen-bond donors (Lipinski definition) is 2. The predicted molar refractivity (Wildman–Crippen MR) is 72.8 cm³/mol. The Morgan fingerprint density at radius 2 is 2.22 bits per heavy atom. The van der Waals surface area contributed by atoms with Gasteiger partial charge in [-0.3, -0.25) is 0 Å². The van der Waals surface area contributed by atoms with Gasteiger partial charge in [0.05, 0.1) is 0 Å². The van der Waals surface area contributed by atoms with Crippen LogP contribution < -0.4 is 10.6 Å². The first-order chi connectivity index (χ1) is 8.78. The van der Waals surface area contributed by atoms with Gasteiger partial charge in [-0.2, -0.15) is 4.98 Å². The summed E-state index contributed by atoms with van der Waals surface area (Å²) in [6.45, 7) is 4.68. The minimum Gasteiger partial charge on any atom is -0.385 e. The molecular weight excluding hydrogens is 228 g/mol. The van der Waals surface area contributed by atoms with Crippen LogP contribution in [0.2, 0.25) is 0 Å². The van der Waals surface area contributed by atoms with Crippen molar-refractivity contribution in [3.05, 3.63) is 12.3 Å². The molecule has 100 valence electrons. The SMILES string of the molecule is CCNc1nccc(NCC2(CCOC)CC2)n1. The van der Waals surface area contributed by atoms with Crippen LogP contribution >= 0.6 is 0 Å². The van der Waals surface area contributed by atoms with Gasteiger partial charge in [-0.15, -0.1) is 0 Å². The van der Waals surface area contributed by atoms with E-state index < -0.39 is 0 Å². The number of nitrogens with one attached hydrogen (secondary N) is 2. The number of aromatic nitrogens is 2. The van der Waals surface area contributed by atoms with Crippen LogP contribution in [0, 0.1) is 5.41 Å². The number of ether oxygens (including phenoxy) is 1. The first-order valence-electron chi connectivity index (χ1n) is 6.58. The fourth-order valence-electron chi connectivity index (χ4n) is 1.99. The highest BCUT2D eigenvalue weighted by molar-refractivity contribution is 5.39. The molecule has 5 nitrogen and oxygen atoms in total. The largest absolute Gasteiger partial charge is 0.385 e. The topological polar surface area (TPSA) is 59.1 Å². The molecule has 0 spiro atoms. The smallest absolute Gasteiger partial charge is 0.224 e. The van der Waals surface area contributed by atoms with Crippen LogP contribution in [-0.2, 0) is 4.74 Å². The van der Waals surface area contributed by atoms with Crippen molar-refractivity contribution in [1.82, 2.24) is 9.97 Å². The van der Waals surface area contributed by atoms with Crippen LogP contribution in [0.4, 0.5) is 11.8 Å². The molecule has 1 aromatic rings. The fourth-order valence-corrected chi connectivity index (χ4v) is 1.99. The molecule has 0 bridgehead atoms. The number of nitrogens with zero attached hydrogens (tertiary/aromatic N) is 2. The van der Waals surface area contributed by atoms with E-state index in [9.17, 15) is 0 Å². The molecule has 1 heterocycles. The van der Waals surface area contributed by atoms with Gasteiger partial charge in [-0.05, 0) is 37.7 Å². The molecule has 1 fully saturated rings. The van der Waals surface area contributed by atoms with E-state index in [0.29, 0.717) is 11.4 Å². The standard InChI is InChI=1S/C13H22N4O/c1-3-14-12-15-8-4-11(17-12)16-10-13(5-6-13)7-9-18-2/h4,8H,3,5-7,9-10H2,1-2H3,(H2,14,15,16,17). The molecule has 0 aliphatic heterocycles. The fraction of sp³-hybridized carbons (Fsp3) is 0.692. The van der Waals surface area contributed by atoms with Crippen LogP contribution in [0.3, 0.4) is 0 Å². The summed E-state index contributed by atoms with van der Waals surface area (Å²) < 4.78 is 5.16. The first kappa shape index (κ1) is 13.1. The first-order valence-corrected chi connectivity index (χ1v) is 6.58. The Morgan fingerprint density at radius 1 is 1.39 bits per heavy atom. The highest BCUT2D eigenvalue weighted by atomic mass is 16.5. The Balaban J connectivity index is 1.84. The Labute approximate surface area is 108 Å². The van der Waals surface area contributed by atoms with Crippen molar-refractivity contribution in [2.45, 2.75) is 26.2 Å². The normalized spacial score (nSPS) is 16.3. The Morgan fingerprint density at radius 3 is 2.89 bits per heavy atom. The molecule has 0 radical (unpaired) electrons. The van der Waals surface area contributed by atoms with Gasteiger partial charge < -0.3 is 15.4 Å². The summed E-state index contributed by atoms with van der Waals surface area (Å²) in [6, 6.07) is 1.91. The lowest BCUT2D eigenvalue weighted by Crippen LogP contribution is -2.18. The average Bonchev–Trinajstić information content (AvgIpc) is 3.16. The van der Waals surface area contributed by atoms with Crippen LogP contribution in [-0.4, -0.2) is 36.8 Å². The molecule has 0 saturated heterocycles. The quantitative estimate of drug-likeness (QED) is 0.740. The molecule has 1 aromatic heterocycles. The number of anilines is 2. The maximum Gasteiger partial charge on any atom is 0.224 e. The van der Waals surface area contributed by atoms with Crippen LogP contribution in [0.25, 0.3) is 0 Å². The monoisotopic (exact) mass is 250 g/mol. The van der Waals surface area contributed by atoms with E-state index in [2.05, 4.69) is 20.6 Å². The zero-order valence-electron chi connectivity index (χ0n) is 11.2. The minimum atomic E-state index is 0.430. The second-order valence-electron chi connectivity index (χ2n) is 4.89. The molecule has 2 N–H and O–H groups in total. The highest BCUT2D eigenvalue weighted by Gasteiger charge is 2.41. The molecule has 0 aromatic carbocycles. The average molecular weight is 250 g/mol. The lowest BCUT2D eigenvalue weighted by atomic mass is 10.0. The van der Waals surface area contributed by atoms with Gasteiger partial charge in [0.2, 0.25) is 5.95 Å². The Bertz CT molecular complexity index is 379. The van der Waals surface area contributed by atoms with Gasteiger partial charge in [0.25, 0.3) is 0 Å². The maximum atomic E-state index is 5.16. The molecular formula is C13H22N4O. The molecule has 0 unspecified atom stereocenters. The summed E-state index contributed by atoms with van der Waals surface area (Å²) in [4.78, 5) is 8.57. The molecule has 0 amide bonds. The van der Waals surface area contributed by atoms with E-state index in [0.717, 1.165) is 31.9 Å². The van der Waals surface area contributed by atoms with E-state index in [-0.39, 0.29) is 0 Å². The van der Waals surface area contributed by atoms with Crippen molar-refractivity contribution in [3.63, 3.8) is 0 Å². The van der Waals surface area contributed by atoms with Gasteiger partial charge in [0, 0.05) is 33.0 Å². The van der Waals surface area contributed by atoms with Crippen molar-refractivity contribution in [3.8, 4) is 0 Å². The zero-order valence-corrected chi connectivity index (χ0v) is 11.2. The second kappa shape index (κ2) is 6.00. The van der Waals surface area contributed by atoms with Gasteiger partial charge >= 0.3 is 0 Å². The van der Waals surface area contributed by atoms with Crippen LogP contribution in [0.5, 0.6) is 0 Å².